The van der Waals surface area contributed by atoms with Crippen LogP contribution in [-0.4, -0.2) is 56.5 Å². The topological polar surface area (TPSA) is 66.8 Å². The van der Waals surface area contributed by atoms with E-state index in [2.05, 4.69) is 0 Å². The molecular formula is C12H25NO4S. The van der Waals surface area contributed by atoms with Crippen LogP contribution in [0.1, 0.15) is 32.6 Å². The Hall–Kier alpha value is -0.170. The smallest absolute Gasteiger partial charge is 0.211 e. The van der Waals surface area contributed by atoms with E-state index >= 15 is 0 Å². The monoisotopic (exact) mass is 279 g/mol. The van der Waals surface area contributed by atoms with Crippen molar-refractivity contribution in [2.45, 2.75) is 38.2 Å². The van der Waals surface area contributed by atoms with Gasteiger partial charge in [-0.3, -0.25) is 0 Å². The molecule has 0 spiro atoms. The molecule has 6 heteroatoms. The van der Waals surface area contributed by atoms with E-state index in [9.17, 15) is 13.5 Å². The Morgan fingerprint density at radius 1 is 1.50 bits per heavy atom. The first kappa shape index (κ1) is 15.9. The zero-order valence-corrected chi connectivity index (χ0v) is 12.4. The Morgan fingerprint density at radius 2 is 2.17 bits per heavy atom. The maximum Gasteiger partial charge on any atom is 0.211 e. The molecule has 5 nitrogen and oxygen atoms in total. The lowest BCUT2D eigenvalue weighted by molar-refractivity contribution is -0.00218. The molecule has 1 N–H and O–H groups in total. The summed E-state index contributed by atoms with van der Waals surface area (Å²) in [4.78, 5) is 0. The lowest BCUT2D eigenvalue weighted by Gasteiger charge is -2.35. The van der Waals surface area contributed by atoms with Gasteiger partial charge in [-0.25, -0.2) is 12.7 Å². The number of rotatable bonds is 6. The highest BCUT2D eigenvalue weighted by Crippen LogP contribution is 2.28. The zero-order chi connectivity index (χ0) is 13.8. The Bertz CT molecular complexity index is 353. The van der Waals surface area contributed by atoms with Crippen LogP contribution in [0.5, 0.6) is 0 Å². The Morgan fingerprint density at radius 3 is 2.72 bits per heavy atom. The van der Waals surface area contributed by atoms with Crippen molar-refractivity contribution in [3.05, 3.63) is 0 Å². The summed E-state index contributed by atoms with van der Waals surface area (Å²) < 4.78 is 29.5. The van der Waals surface area contributed by atoms with E-state index in [1.165, 1.54) is 10.6 Å². The van der Waals surface area contributed by atoms with Crippen LogP contribution in [0.15, 0.2) is 0 Å². The maximum absolute atomic E-state index is 11.5. The van der Waals surface area contributed by atoms with Crippen molar-refractivity contribution in [1.82, 2.24) is 4.31 Å². The average molecular weight is 279 g/mol. The van der Waals surface area contributed by atoms with Crippen LogP contribution in [0, 0.1) is 5.92 Å². The molecule has 1 aliphatic heterocycles. The molecule has 0 amide bonds. The first-order valence-corrected chi connectivity index (χ1v) is 8.26. The van der Waals surface area contributed by atoms with Crippen molar-refractivity contribution in [3.63, 3.8) is 0 Å². The largest absolute Gasteiger partial charge is 0.390 e. The van der Waals surface area contributed by atoms with Crippen LogP contribution in [0.3, 0.4) is 0 Å². The average Bonchev–Trinajstić information content (AvgIpc) is 2.25. The van der Waals surface area contributed by atoms with Gasteiger partial charge in [-0.05, 0) is 38.5 Å². The van der Waals surface area contributed by atoms with E-state index in [0.717, 1.165) is 12.8 Å². The summed E-state index contributed by atoms with van der Waals surface area (Å²) in [6, 6.07) is 0. The Kier molecular flexibility index (Phi) is 5.58. The second-order valence-electron chi connectivity index (χ2n) is 5.57. The molecule has 0 aliphatic carbocycles. The van der Waals surface area contributed by atoms with Crippen LogP contribution in [0.25, 0.3) is 0 Å². The van der Waals surface area contributed by atoms with Gasteiger partial charge in [0.2, 0.25) is 10.0 Å². The van der Waals surface area contributed by atoms with Gasteiger partial charge in [-0.15, -0.1) is 0 Å². The number of hydrogen-bond acceptors (Lipinski definition) is 4. The summed E-state index contributed by atoms with van der Waals surface area (Å²) in [5.41, 5.74) is -0.777. The normalized spacial score (nSPS) is 25.9. The van der Waals surface area contributed by atoms with Gasteiger partial charge < -0.3 is 9.84 Å². The zero-order valence-electron chi connectivity index (χ0n) is 11.6. The highest BCUT2D eigenvalue weighted by atomic mass is 32.2. The van der Waals surface area contributed by atoms with Gasteiger partial charge in [0.1, 0.15) is 0 Å². The predicted octanol–water partition coefficient (Wildman–Crippen LogP) is 0.836. The highest BCUT2D eigenvalue weighted by molar-refractivity contribution is 7.88. The first-order chi connectivity index (χ1) is 8.24. The van der Waals surface area contributed by atoms with Crippen molar-refractivity contribution in [2.75, 3.05) is 33.1 Å². The lowest BCUT2D eigenvalue weighted by Crippen LogP contribution is -2.42. The van der Waals surface area contributed by atoms with Crippen molar-refractivity contribution < 1.29 is 18.3 Å². The molecule has 0 bridgehead atoms. The number of nitrogens with zero attached hydrogens (tertiary/aromatic N) is 1. The number of ether oxygens (including phenoxy) is 1. The van der Waals surface area contributed by atoms with E-state index < -0.39 is 15.6 Å². The SMILES string of the molecule is COCCC(C)(O)CC1CCCN(S(C)(=O)=O)C1. The molecular weight excluding hydrogens is 254 g/mol. The minimum atomic E-state index is -3.10. The van der Waals surface area contributed by atoms with Crippen molar-refractivity contribution >= 4 is 10.0 Å². The standard InChI is InChI=1S/C12H25NO4S/c1-12(14,6-8-17-2)9-11-5-4-7-13(10-11)18(3,15)16/h11,14H,4-10H2,1-3H3. The van der Waals surface area contributed by atoms with E-state index in [-0.39, 0.29) is 5.92 Å². The number of piperidine rings is 1. The molecule has 2 atom stereocenters. The molecule has 0 aromatic carbocycles. The summed E-state index contributed by atoms with van der Waals surface area (Å²) >= 11 is 0. The third-order valence-electron chi connectivity index (χ3n) is 3.52. The molecule has 0 aromatic rings. The molecule has 1 rings (SSSR count). The van der Waals surface area contributed by atoms with Gasteiger partial charge in [0.15, 0.2) is 0 Å². The summed E-state index contributed by atoms with van der Waals surface area (Å²) in [6.45, 7) is 3.46. The van der Waals surface area contributed by atoms with Crippen LogP contribution in [-0.2, 0) is 14.8 Å². The third-order valence-corrected chi connectivity index (χ3v) is 4.79. The summed E-state index contributed by atoms with van der Waals surface area (Å²) in [5.74, 6) is 0.236. The minimum Gasteiger partial charge on any atom is -0.390 e. The Labute approximate surface area is 110 Å². The van der Waals surface area contributed by atoms with Crippen LogP contribution >= 0.6 is 0 Å². The second-order valence-corrected chi connectivity index (χ2v) is 7.56. The molecule has 1 heterocycles. The summed E-state index contributed by atoms with van der Waals surface area (Å²) in [5, 5.41) is 10.2. The molecule has 18 heavy (non-hydrogen) atoms. The van der Waals surface area contributed by atoms with Gasteiger partial charge >= 0.3 is 0 Å². The van der Waals surface area contributed by atoms with Crippen molar-refractivity contribution in [3.8, 4) is 0 Å². The molecule has 2 unspecified atom stereocenters. The molecule has 0 saturated carbocycles. The lowest BCUT2D eigenvalue weighted by atomic mass is 9.85. The molecule has 1 aliphatic rings. The first-order valence-electron chi connectivity index (χ1n) is 6.41. The molecule has 1 fully saturated rings. The fraction of sp³-hybridized carbons (Fsp3) is 1.00. The molecule has 0 aromatic heterocycles. The van der Waals surface area contributed by atoms with Gasteiger partial charge in [0.25, 0.3) is 0 Å². The fourth-order valence-electron chi connectivity index (χ4n) is 2.54. The highest BCUT2D eigenvalue weighted by Gasteiger charge is 2.31. The minimum absolute atomic E-state index is 0.236. The quantitative estimate of drug-likeness (QED) is 0.782. The maximum atomic E-state index is 11.5. The third kappa shape index (κ3) is 5.22. The van der Waals surface area contributed by atoms with Gasteiger partial charge in [0.05, 0.1) is 11.9 Å². The van der Waals surface area contributed by atoms with E-state index in [4.69, 9.17) is 4.74 Å². The molecule has 1 saturated heterocycles. The number of methoxy groups -OCH3 is 1. The van der Waals surface area contributed by atoms with Crippen LogP contribution in [0.2, 0.25) is 0 Å². The van der Waals surface area contributed by atoms with Crippen molar-refractivity contribution in [2.24, 2.45) is 5.92 Å². The summed E-state index contributed by atoms with van der Waals surface area (Å²) in [7, 11) is -1.49. The number of hydrogen-bond donors (Lipinski definition) is 1. The number of sulfonamides is 1. The number of aliphatic hydroxyl groups is 1. The second kappa shape index (κ2) is 6.32. The summed E-state index contributed by atoms with van der Waals surface area (Å²) in [6.07, 6.45) is 4.31. The Balaban J connectivity index is 2.52. The molecule has 0 radical (unpaired) electrons. The van der Waals surface area contributed by atoms with Gasteiger partial charge in [-0.1, -0.05) is 0 Å². The fourth-order valence-corrected chi connectivity index (χ4v) is 3.48. The van der Waals surface area contributed by atoms with Crippen LogP contribution < -0.4 is 0 Å². The van der Waals surface area contributed by atoms with Gasteiger partial charge in [-0.2, -0.15) is 0 Å². The predicted molar refractivity (Wildman–Crippen MR) is 70.9 cm³/mol. The van der Waals surface area contributed by atoms with E-state index in [0.29, 0.717) is 32.5 Å². The molecule has 108 valence electrons. The van der Waals surface area contributed by atoms with E-state index in [1.54, 1.807) is 14.0 Å². The van der Waals surface area contributed by atoms with Crippen molar-refractivity contribution in [1.29, 1.82) is 0 Å². The van der Waals surface area contributed by atoms with Crippen LogP contribution in [0.4, 0.5) is 0 Å². The van der Waals surface area contributed by atoms with E-state index in [1.807, 2.05) is 0 Å². The van der Waals surface area contributed by atoms with Gasteiger partial charge in [0, 0.05) is 26.8 Å².